The lowest BCUT2D eigenvalue weighted by Gasteiger charge is -2.06. The first-order valence-electron chi connectivity index (χ1n) is 5.73. The van der Waals surface area contributed by atoms with E-state index in [1.54, 1.807) is 12.1 Å². The molecule has 2 N–H and O–H groups in total. The number of nitrogens with one attached hydrogen (secondary N) is 1. The second kappa shape index (κ2) is 6.20. The third kappa shape index (κ3) is 3.78. The summed E-state index contributed by atoms with van der Waals surface area (Å²) in [6.07, 6.45) is 1.51. The average Bonchev–Trinajstić information content (AvgIpc) is 2.96. The third-order valence-corrected chi connectivity index (χ3v) is 5.02. The molecule has 2 aromatic rings. The number of aromatic nitrogens is 1. The molecule has 0 atom stereocenters. The highest BCUT2D eigenvalue weighted by Gasteiger charge is 2.18. The Morgan fingerprint density at radius 2 is 2.24 bits per heavy atom. The van der Waals surface area contributed by atoms with Crippen molar-refractivity contribution in [2.75, 3.05) is 7.11 Å². The van der Waals surface area contributed by atoms with Crippen LogP contribution < -0.4 is 9.46 Å². The summed E-state index contributed by atoms with van der Waals surface area (Å²) in [5.74, 6) is -0.768. The molecule has 21 heavy (non-hydrogen) atoms. The summed E-state index contributed by atoms with van der Waals surface area (Å²) in [6.45, 7) is 0.0550. The van der Waals surface area contributed by atoms with E-state index in [4.69, 9.17) is 9.84 Å². The van der Waals surface area contributed by atoms with E-state index >= 15 is 0 Å². The SMILES string of the molecule is COc1cc(CNS(=O)(=O)c2csc(C(=O)O)c2)ccn1. The van der Waals surface area contributed by atoms with Crippen molar-refractivity contribution in [1.29, 1.82) is 0 Å². The molecule has 9 heteroatoms. The van der Waals surface area contributed by atoms with Gasteiger partial charge in [-0.2, -0.15) is 0 Å². The number of nitrogens with zero attached hydrogens (tertiary/aromatic N) is 1. The highest BCUT2D eigenvalue weighted by Crippen LogP contribution is 2.19. The fourth-order valence-electron chi connectivity index (χ4n) is 1.51. The Bertz CT molecular complexity index is 755. The number of hydrogen-bond acceptors (Lipinski definition) is 6. The zero-order valence-corrected chi connectivity index (χ0v) is 12.6. The van der Waals surface area contributed by atoms with Crippen LogP contribution >= 0.6 is 11.3 Å². The molecular formula is C12H12N2O5S2. The van der Waals surface area contributed by atoms with Crippen LogP contribution in [0.1, 0.15) is 15.2 Å². The number of thiophene rings is 1. The van der Waals surface area contributed by atoms with E-state index < -0.39 is 16.0 Å². The predicted octanol–water partition coefficient (Wildman–Crippen LogP) is 1.33. The smallest absolute Gasteiger partial charge is 0.345 e. The van der Waals surface area contributed by atoms with E-state index in [0.29, 0.717) is 11.4 Å². The standard InChI is InChI=1S/C12H12N2O5S2/c1-19-11-4-8(2-3-13-11)6-14-21(17,18)9-5-10(12(15)16)20-7-9/h2-5,7,14H,6H2,1H3,(H,15,16). The maximum atomic E-state index is 12.1. The van der Waals surface area contributed by atoms with E-state index in [2.05, 4.69) is 9.71 Å². The fourth-order valence-corrected chi connectivity index (χ4v) is 3.63. The molecule has 0 amide bonds. The largest absolute Gasteiger partial charge is 0.481 e. The maximum Gasteiger partial charge on any atom is 0.345 e. The number of aromatic carboxylic acids is 1. The highest BCUT2D eigenvalue weighted by molar-refractivity contribution is 7.89. The van der Waals surface area contributed by atoms with Gasteiger partial charge in [0.15, 0.2) is 0 Å². The predicted molar refractivity (Wildman–Crippen MR) is 76.1 cm³/mol. The number of hydrogen-bond donors (Lipinski definition) is 2. The van der Waals surface area contributed by atoms with E-state index in [9.17, 15) is 13.2 Å². The minimum atomic E-state index is -3.75. The topological polar surface area (TPSA) is 106 Å². The van der Waals surface area contributed by atoms with Gasteiger partial charge in [0.1, 0.15) is 4.88 Å². The first-order valence-corrected chi connectivity index (χ1v) is 8.09. The molecule has 0 fully saturated rings. The Balaban J connectivity index is 2.11. The van der Waals surface area contributed by atoms with Gasteiger partial charge in [0.2, 0.25) is 15.9 Å². The van der Waals surface area contributed by atoms with E-state index in [1.807, 2.05) is 0 Å². The number of sulfonamides is 1. The number of ether oxygens (including phenoxy) is 1. The summed E-state index contributed by atoms with van der Waals surface area (Å²) in [4.78, 5) is 14.6. The lowest BCUT2D eigenvalue weighted by molar-refractivity contribution is 0.0702. The number of pyridine rings is 1. The molecule has 112 valence electrons. The Morgan fingerprint density at radius 3 is 2.86 bits per heavy atom. The quantitative estimate of drug-likeness (QED) is 0.828. The third-order valence-electron chi connectivity index (χ3n) is 2.57. The zero-order valence-electron chi connectivity index (χ0n) is 10.9. The van der Waals surface area contributed by atoms with Crippen molar-refractivity contribution < 1.29 is 23.1 Å². The molecule has 0 bridgehead atoms. The van der Waals surface area contributed by atoms with Crippen LogP contribution in [0.4, 0.5) is 0 Å². The van der Waals surface area contributed by atoms with Crippen molar-refractivity contribution in [3.8, 4) is 5.88 Å². The van der Waals surface area contributed by atoms with Gasteiger partial charge in [0, 0.05) is 24.2 Å². The van der Waals surface area contributed by atoms with Crippen LogP contribution in [0.5, 0.6) is 5.88 Å². The molecule has 0 aliphatic rings. The first-order chi connectivity index (χ1) is 9.92. The Labute approximate surface area is 125 Å². The van der Waals surface area contributed by atoms with Gasteiger partial charge in [-0.25, -0.2) is 22.9 Å². The minimum absolute atomic E-state index is 0.0269. The highest BCUT2D eigenvalue weighted by atomic mass is 32.2. The van der Waals surface area contributed by atoms with Crippen molar-refractivity contribution >= 4 is 27.3 Å². The number of carboxylic acids is 1. The Kier molecular flexibility index (Phi) is 4.56. The van der Waals surface area contributed by atoms with Crippen LogP contribution in [-0.2, 0) is 16.6 Å². The second-order valence-electron chi connectivity index (χ2n) is 3.98. The molecule has 2 heterocycles. The molecule has 0 unspecified atom stereocenters. The molecule has 7 nitrogen and oxygen atoms in total. The van der Waals surface area contributed by atoms with Crippen molar-refractivity contribution in [3.05, 3.63) is 40.2 Å². The molecule has 0 radical (unpaired) electrons. The summed E-state index contributed by atoms with van der Waals surface area (Å²) < 4.78 is 31.5. The molecule has 0 aliphatic carbocycles. The fraction of sp³-hybridized carbons (Fsp3) is 0.167. The molecule has 0 saturated carbocycles. The summed E-state index contributed by atoms with van der Waals surface area (Å²) in [6, 6.07) is 4.39. The molecule has 0 aromatic carbocycles. The van der Waals surface area contributed by atoms with Crippen LogP contribution in [0.15, 0.2) is 34.7 Å². The van der Waals surface area contributed by atoms with Crippen molar-refractivity contribution in [3.63, 3.8) is 0 Å². The van der Waals surface area contributed by atoms with Gasteiger partial charge < -0.3 is 9.84 Å². The zero-order chi connectivity index (χ0) is 15.5. The van der Waals surface area contributed by atoms with Crippen LogP contribution in [0.3, 0.4) is 0 Å². The number of carboxylic acid groups (broad SMARTS) is 1. The van der Waals surface area contributed by atoms with Crippen molar-refractivity contribution in [2.45, 2.75) is 11.4 Å². The summed E-state index contributed by atoms with van der Waals surface area (Å²) in [5.41, 5.74) is 0.680. The average molecular weight is 328 g/mol. The number of methoxy groups -OCH3 is 1. The van der Waals surface area contributed by atoms with Gasteiger partial charge in [-0.3, -0.25) is 0 Å². The lowest BCUT2D eigenvalue weighted by atomic mass is 10.3. The summed E-state index contributed by atoms with van der Waals surface area (Å²) >= 11 is 0.864. The lowest BCUT2D eigenvalue weighted by Crippen LogP contribution is -2.22. The van der Waals surface area contributed by atoms with Crippen LogP contribution in [0.2, 0.25) is 0 Å². The summed E-state index contributed by atoms with van der Waals surface area (Å²) in [5, 5.41) is 10.1. The molecular weight excluding hydrogens is 316 g/mol. The van der Waals surface area contributed by atoms with Gasteiger partial charge in [-0.15, -0.1) is 11.3 Å². The van der Waals surface area contributed by atoms with E-state index in [-0.39, 0.29) is 16.3 Å². The van der Waals surface area contributed by atoms with Crippen molar-refractivity contribution in [2.24, 2.45) is 0 Å². The van der Waals surface area contributed by atoms with Crippen LogP contribution in [0, 0.1) is 0 Å². The van der Waals surface area contributed by atoms with Gasteiger partial charge in [0.25, 0.3) is 0 Å². The van der Waals surface area contributed by atoms with E-state index in [1.165, 1.54) is 18.7 Å². The van der Waals surface area contributed by atoms with Gasteiger partial charge in [0.05, 0.1) is 12.0 Å². The summed E-state index contributed by atoms with van der Waals surface area (Å²) in [7, 11) is -2.29. The normalized spacial score (nSPS) is 11.3. The minimum Gasteiger partial charge on any atom is -0.481 e. The van der Waals surface area contributed by atoms with Gasteiger partial charge in [-0.05, 0) is 17.7 Å². The van der Waals surface area contributed by atoms with Crippen LogP contribution in [-0.4, -0.2) is 31.6 Å². The first kappa shape index (κ1) is 15.4. The molecule has 0 saturated heterocycles. The monoisotopic (exact) mass is 328 g/mol. The van der Waals surface area contributed by atoms with Gasteiger partial charge >= 0.3 is 5.97 Å². The molecule has 2 rings (SSSR count). The molecule has 2 aromatic heterocycles. The van der Waals surface area contributed by atoms with Crippen molar-refractivity contribution in [1.82, 2.24) is 9.71 Å². The Hall–Kier alpha value is -1.97. The van der Waals surface area contributed by atoms with Crippen LogP contribution in [0.25, 0.3) is 0 Å². The second-order valence-corrected chi connectivity index (χ2v) is 6.66. The number of rotatable bonds is 6. The van der Waals surface area contributed by atoms with Gasteiger partial charge in [-0.1, -0.05) is 0 Å². The number of carbonyl (C=O) groups is 1. The maximum absolute atomic E-state index is 12.1. The molecule has 0 aliphatic heterocycles. The Morgan fingerprint density at radius 1 is 1.48 bits per heavy atom. The van der Waals surface area contributed by atoms with E-state index in [0.717, 1.165) is 17.4 Å². The molecule has 0 spiro atoms.